The monoisotopic (exact) mass is 829 g/mol. The molecule has 0 saturated carbocycles. The lowest BCUT2D eigenvalue weighted by Gasteiger charge is -2.33. The first-order valence-electron chi connectivity index (χ1n) is 23.1. The Morgan fingerprint density at radius 2 is 0.877 bits per heavy atom. The van der Waals surface area contributed by atoms with E-state index < -0.39 is 0 Å². The second-order valence-electron chi connectivity index (χ2n) is 18.7. The molecule has 0 aliphatic heterocycles. The third kappa shape index (κ3) is 5.45. The van der Waals surface area contributed by atoms with E-state index in [4.69, 9.17) is 0 Å². The average molecular weight is 830 g/mol. The van der Waals surface area contributed by atoms with Gasteiger partial charge >= 0.3 is 0 Å². The molecule has 0 bridgehead atoms. The molecule has 3 aliphatic rings. The smallest absolute Gasteiger partial charge is 0.0540 e. The Labute approximate surface area is 382 Å². The quantitative estimate of drug-likeness (QED) is 0.161. The van der Waals surface area contributed by atoms with Crippen molar-refractivity contribution in [1.29, 1.82) is 0 Å². The summed E-state index contributed by atoms with van der Waals surface area (Å²) in [7, 11) is 0. The molecule has 0 heterocycles. The van der Waals surface area contributed by atoms with E-state index in [0.717, 1.165) is 29.9 Å². The number of aryl methyl sites for hydroxylation is 1. The van der Waals surface area contributed by atoms with Gasteiger partial charge in [0.2, 0.25) is 0 Å². The maximum atomic E-state index is 2.58. The molecule has 10 aromatic rings. The molecule has 0 fully saturated rings. The molecule has 0 aromatic heterocycles. The van der Waals surface area contributed by atoms with Crippen LogP contribution in [0, 0.1) is 0 Å². The zero-order valence-electron chi connectivity index (χ0n) is 36.7. The molecule has 65 heavy (non-hydrogen) atoms. The molecule has 1 heteroatoms. The average Bonchev–Trinajstić information content (AvgIpc) is 3.97. The van der Waals surface area contributed by atoms with Gasteiger partial charge in [-0.3, -0.25) is 0 Å². The third-order valence-electron chi connectivity index (χ3n) is 15.1. The number of nitrogens with zero attached hydrogens (tertiary/aromatic N) is 1. The molecule has 1 unspecified atom stereocenters. The van der Waals surface area contributed by atoms with Crippen LogP contribution in [-0.4, -0.2) is 0 Å². The van der Waals surface area contributed by atoms with Crippen molar-refractivity contribution in [1.82, 2.24) is 0 Å². The molecular formula is C64H47N. The summed E-state index contributed by atoms with van der Waals surface area (Å²) in [6.07, 6.45) is 2.11. The summed E-state index contributed by atoms with van der Waals surface area (Å²) in [5.74, 6) is 0. The van der Waals surface area contributed by atoms with Crippen LogP contribution < -0.4 is 4.90 Å². The Balaban J connectivity index is 1.10. The standard InChI is InChI=1S/C64H47N/c1-63(2)56-33-12-7-25-48(56)53-30-18-31-54(62(53)63)51-27-10-15-36-60(51)65(45-37-38-49-47-24-8-13-34-57(47)64(58(49)41-45)40-39-43-21-6-11-32-55(43)64)59-35-14-9-26-50(59)52-29-17-23-44-22-16-28-46(61(44)52)42-19-4-3-5-20-42/h3-38,41H,39-40H2,1-2H3. The Bertz CT molecular complexity index is 3530. The molecule has 1 nitrogen and oxygen atoms in total. The molecule has 3 aliphatic carbocycles. The topological polar surface area (TPSA) is 3.24 Å². The Morgan fingerprint density at radius 1 is 0.369 bits per heavy atom. The van der Waals surface area contributed by atoms with Crippen molar-refractivity contribution in [2.75, 3.05) is 4.90 Å². The van der Waals surface area contributed by atoms with Crippen LogP contribution in [0.5, 0.6) is 0 Å². The van der Waals surface area contributed by atoms with Gasteiger partial charge in [0.1, 0.15) is 0 Å². The van der Waals surface area contributed by atoms with E-state index in [9.17, 15) is 0 Å². The fraction of sp³-hybridized carbons (Fsp3) is 0.0938. The van der Waals surface area contributed by atoms with Crippen LogP contribution in [0.4, 0.5) is 17.1 Å². The van der Waals surface area contributed by atoms with E-state index in [-0.39, 0.29) is 10.8 Å². The summed E-state index contributed by atoms with van der Waals surface area (Å²) < 4.78 is 0. The van der Waals surface area contributed by atoms with E-state index in [2.05, 4.69) is 243 Å². The van der Waals surface area contributed by atoms with Gasteiger partial charge in [0.25, 0.3) is 0 Å². The van der Waals surface area contributed by atoms with Crippen molar-refractivity contribution in [3.8, 4) is 55.6 Å². The van der Waals surface area contributed by atoms with Crippen LogP contribution in [-0.2, 0) is 17.3 Å². The number of rotatable bonds is 6. The highest BCUT2D eigenvalue weighted by Crippen LogP contribution is 2.60. The first kappa shape index (κ1) is 37.8. The van der Waals surface area contributed by atoms with E-state index in [1.807, 2.05) is 0 Å². The van der Waals surface area contributed by atoms with Crippen molar-refractivity contribution in [2.24, 2.45) is 0 Å². The Hall–Kier alpha value is -7.74. The predicted octanol–water partition coefficient (Wildman–Crippen LogP) is 16.9. The zero-order chi connectivity index (χ0) is 43.3. The highest BCUT2D eigenvalue weighted by atomic mass is 15.1. The van der Waals surface area contributed by atoms with Gasteiger partial charge in [-0.05, 0) is 126 Å². The second kappa shape index (κ2) is 14.4. The molecule has 0 saturated heterocycles. The minimum atomic E-state index is -0.223. The van der Waals surface area contributed by atoms with Crippen molar-refractivity contribution >= 4 is 27.8 Å². The molecule has 308 valence electrons. The number of hydrogen-bond donors (Lipinski definition) is 0. The number of fused-ring (bicyclic) bond motifs is 11. The zero-order valence-corrected chi connectivity index (χ0v) is 36.7. The van der Waals surface area contributed by atoms with E-state index in [0.29, 0.717) is 0 Å². The Kier molecular flexibility index (Phi) is 8.37. The van der Waals surface area contributed by atoms with Gasteiger partial charge in [0.15, 0.2) is 0 Å². The molecule has 0 N–H and O–H groups in total. The van der Waals surface area contributed by atoms with E-state index in [1.165, 1.54) is 99.8 Å². The number of para-hydroxylation sites is 2. The lowest BCUT2D eigenvalue weighted by atomic mass is 9.73. The number of hydrogen-bond acceptors (Lipinski definition) is 1. The largest absolute Gasteiger partial charge is 0.309 e. The van der Waals surface area contributed by atoms with Crippen molar-refractivity contribution in [3.05, 3.63) is 258 Å². The Morgan fingerprint density at radius 3 is 1.62 bits per heavy atom. The minimum Gasteiger partial charge on any atom is -0.309 e. The first-order valence-corrected chi connectivity index (χ1v) is 23.1. The summed E-state index contributed by atoms with van der Waals surface area (Å²) in [5, 5.41) is 2.48. The van der Waals surface area contributed by atoms with Gasteiger partial charge in [0.05, 0.1) is 11.4 Å². The van der Waals surface area contributed by atoms with Gasteiger partial charge in [-0.2, -0.15) is 0 Å². The highest BCUT2D eigenvalue weighted by Gasteiger charge is 2.48. The SMILES string of the molecule is CC1(C)c2ccccc2-c2cccc(-c3ccccc3N(c3ccc4c(c3)C3(CCc5ccccc53)c3ccccc3-4)c3ccccc3-c3cccc4cccc(-c5ccccc5)c34)c21. The molecule has 0 radical (unpaired) electrons. The fourth-order valence-electron chi connectivity index (χ4n) is 12.4. The van der Waals surface area contributed by atoms with Crippen LogP contribution >= 0.6 is 0 Å². The van der Waals surface area contributed by atoms with E-state index in [1.54, 1.807) is 0 Å². The molecule has 1 atom stereocenters. The van der Waals surface area contributed by atoms with Crippen LogP contribution in [0.1, 0.15) is 53.6 Å². The molecule has 13 rings (SSSR count). The normalized spacial score (nSPS) is 15.9. The summed E-state index contributed by atoms with van der Waals surface area (Å²) >= 11 is 0. The summed E-state index contributed by atoms with van der Waals surface area (Å²) in [6, 6.07) is 84.3. The van der Waals surface area contributed by atoms with Crippen LogP contribution in [0.25, 0.3) is 66.4 Å². The second-order valence-corrected chi connectivity index (χ2v) is 18.7. The van der Waals surface area contributed by atoms with Crippen LogP contribution in [0.15, 0.2) is 224 Å². The van der Waals surface area contributed by atoms with Gasteiger partial charge in [-0.15, -0.1) is 0 Å². The van der Waals surface area contributed by atoms with Crippen molar-refractivity contribution in [2.45, 2.75) is 37.5 Å². The lowest BCUT2D eigenvalue weighted by molar-refractivity contribution is 0.626. The maximum absolute atomic E-state index is 2.58. The fourth-order valence-corrected chi connectivity index (χ4v) is 12.4. The van der Waals surface area contributed by atoms with Gasteiger partial charge in [-0.25, -0.2) is 0 Å². The molecular weight excluding hydrogens is 783 g/mol. The predicted molar refractivity (Wildman–Crippen MR) is 273 cm³/mol. The molecule has 1 spiro atoms. The third-order valence-corrected chi connectivity index (χ3v) is 15.1. The van der Waals surface area contributed by atoms with Gasteiger partial charge in [0, 0.05) is 27.6 Å². The molecule has 10 aromatic carbocycles. The summed E-state index contributed by atoms with van der Waals surface area (Å²) in [6.45, 7) is 4.80. The van der Waals surface area contributed by atoms with Crippen LogP contribution in [0.3, 0.4) is 0 Å². The van der Waals surface area contributed by atoms with E-state index >= 15 is 0 Å². The van der Waals surface area contributed by atoms with Crippen molar-refractivity contribution in [3.63, 3.8) is 0 Å². The van der Waals surface area contributed by atoms with Gasteiger partial charge in [-0.1, -0.05) is 214 Å². The van der Waals surface area contributed by atoms with Crippen LogP contribution in [0.2, 0.25) is 0 Å². The number of anilines is 3. The highest BCUT2D eigenvalue weighted by molar-refractivity contribution is 6.09. The van der Waals surface area contributed by atoms with Gasteiger partial charge < -0.3 is 4.90 Å². The lowest BCUT2D eigenvalue weighted by Crippen LogP contribution is -2.24. The maximum Gasteiger partial charge on any atom is 0.0540 e. The first-order chi connectivity index (χ1) is 32.0. The molecule has 0 amide bonds. The van der Waals surface area contributed by atoms with Crippen molar-refractivity contribution < 1.29 is 0 Å². The summed E-state index contributed by atoms with van der Waals surface area (Å²) in [4.78, 5) is 2.58. The number of benzene rings is 10. The minimum absolute atomic E-state index is 0.184. The summed E-state index contributed by atoms with van der Waals surface area (Å²) in [5.41, 5.74) is 24.2.